The van der Waals surface area contributed by atoms with Crippen LogP contribution >= 0.6 is 11.6 Å². The molecule has 23 heavy (non-hydrogen) atoms. The Morgan fingerprint density at radius 3 is 2.17 bits per heavy atom. The Kier molecular flexibility index (Phi) is 5.80. The van der Waals surface area contributed by atoms with Crippen LogP contribution in [0, 0.1) is 0 Å². The van der Waals surface area contributed by atoms with Gasteiger partial charge in [-0.25, -0.2) is 0 Å². The van der Waals surface area contributed by atoms with Crippen LogP contribution in [0.5, 0.6) is 0 Å². The van der Waals surface area contributed by atoms with E-state index < -0.39 is 6.10 Å². The first kappa shape index (κ1) is 17.5. The molecule has 1 aromatic carbocycles. The second-order valence-corrected chi connectivity index (χ2v) is 6.11. The van der Waals surface area contributed by atoms with E-state index in [0.717, 1.165) is 5.56 Å². The van der Waals surface area contributed by atoms with Crippen LogP contribution < -0.4 is 0 Å². The molecule has 0 saturated carbocycles. The second-order valence-electron chi connectivity index (χ2n) is 5.67. The van der Waals surface area contributed by atoms with Gasteiger partial charge in [-0.1, -0.05) is 23.7 Å². The van der Waals surface area contributed by atoms with Crippen molar-refractivity contribution >= 4 is 29.5 Å². The van der Waals surface area contributed by atoms with E-state index in [-0.39, 0.29) is 11.8 Å². The fourth-order valence-electron chi connectivity index (χ4n) is 2.51. The molecular weight excluding hydrogens is 316 g/mol. The zero-order valence-corrected chi connectivity index (χ0v) is 14.1. The highest BCUT2D eigenvalue weighted by Crippen LogP contribution is 2.14. The third-order valence-electron chi connectivity index (χ3n) is 3.83. The van der Waals surface area contributed by atoms with Gasteiger partial charge in [-0.05, 0) is 37.6 Å². The van der Waals surface area contributed by atoms with Gasteiger partial charge < -0.3 is 14.9 Å². The summed E-state index contributed by atoms with van der Waals surface area (Å²) >= 11 is 5.85. The summed E-state index contributed by atoms with van der Waals surface area (Å²) in [6.45, 7) is 5.09. The molecule has 1 unspecified atom stereocenters. The Balaban J connectivity index is 1.96. The topological polar surface area (TPSA) is 60.9 Å². The first-order valence-electron chi connectivity index (χ1n) is 7.58. The van der Waals surface area contributed by atoms with E-state index in [1.807, 2.05) is 18.2 Å². The van der Waals surface area contributed by atoms with Gasteiger partial charge in [-0.2, -0.15) is 0 Å². The van der Waals surface area contributed by atoms with E-state index in [4.69, 9.17) is 11.6 Å². The molecule has 124 valence electrons. The van der Waals surface area contributed by atoms with Gasteiger partial charge in [0.1, 0.15) is 6.10 Å². The van der Waals surface area contributed by atoms with Crippen molar-refractivity contribution in [3.63, 3.8) is 0 Å². The van der Waals surface area contributed by atoms with Crippen molar-refractivity contribution in [2.45, 2.75) is 20.0 Å². The van der Waals surface area contributed by atoms with Gasteiger partial charge in [0, 0.05) is 36.8 Å². The number of hydrogen-bond acceptors (Lipinski definition) is 3. The average Bonchev–Trinajstić information content (AvgIpc) is 2.55. The molecule has 2 rings (SSSR count). The quantitative estimate of drug-likeness (QED) is 0.856. The van der Waals surface area contributed by atoms with E-state index >= 15 is 0 Å². The molecule has 1 fully saturated rings. The second kappa shape index (κ2) is 7.62. The van der Waals surface area contributed by atoms with Crippen molar-refractivity contribution in [1.29, 1.82) is 0 Å². The predicted octanol–water partition coefficient (Wildman–Crippen LogP) is 1.79. The molecule has 2 amide bonds. The van der Waals surface area contributed by atoms with Gasteiger partial charge in [0.25, 0.3) is 5.91 Å². The Labute approximate surface area is 141 Å². The zero-order valence-electron chi connectivity index (χ0n) is 13.3. The molecule has 0 bridgehead atoms. The number of amides is 2. The molecule has 0 aliphatic carbocycles. The van der Waals surface area contributed by atoms with E-state index in [0.29, 0.717) is 36.8 Å². The van der Waals surface area contributed by atoms with Crippen molar-refractivity contribution in [3.05, 3.63) is 40.4 Å². The number of aliphatic hydroxyl groups is 1. The molecule has 1 heterocycles. The summed E-state index contributed by atoms with van der Waals surface area (Å²) in [7, 11) is 0. The lowest BCUT2D eigenvalue weighted by Gasteiger charge is -2.35. The molecule has 1 aliphatic heterocycles. The van der Waals surface area contributed by atoms with Crippen molar-refractivity contribution in [3.8, 4) is 0 Å². The molecule has 1 saturated heterocycles. The van der Waals surface area contributed by atoms with Crippen LogP contribution in [0.15, 0.2) is 29.8 Å². The van der Waals surface area contributed by atoms with Crippen molar-refractivity contribution < 1.29 is 14.7 Å². The molecule has 6 heteroatoms. The minimum Gasteiger partial charge on any atom is -0.384 e. The number of carbonyl (C=O) groups is 2. The van der Waals surface area contributed by atoms with Crippen molar-refractivity contribution in [2.24, 2.45) is 0 Å². The Morgan fingerprint density at radius 1 is 1.13 bits per heavy atom. The summed E-state index contributed by atoms with van der Waals surface area (Å²) in [5, 5.41) is 9.99. The molecule has 1 aromatic rings. The minimum absolute atomic E-state index is 0.0379. The zero-order chi connectivity index (χ0) is 17.0. The van der Waals surface area contributed by atoms with Crippen LogP contribution in [0.1, 0.15) is 19.4 Å². The largest absolute Gasteiger partial charge is 0.384 e. The first-order chi connectivity index (χ1) is 10.9. The number of piperazine rings is 1. The van der Waals surface area contributed by atoms with E-state index in [1.54, 1.807) is 28.9 Å². The van der Waals surface area contributed by atoms with Gasteiger partial charge in [0.2, 0.25) is 5.91 Å². The maximum atomic E-state index is 12.5. The van der Waals surface area contributed by atoms with Gasteiger partial charge >= 0.3 is 0 Å². The highest BCUT2D eigenvalue weighted by molar-refractivity contribution is 6.30. The maximum Gasteiger partial charge on any atom is 0.251 e. The van der Waals surface area contributed by atoms with Crippen LogP contribution in [0.2, 0.25) is 5.02 Å². The summed E-state index contributed by atoms with van der Waals surface area (Å²) < 4.78 is 0. The number of aliphatic hydroxyl groups excluding tert-OH is 1. The van der Waals surface area contributed by atoms with E-state index in [2.05, 4.69) is 0 Å². The third kappa shape index (κ3) is 4.56. The Morgan fingerprint density at radius 2 is 1.65 bits per heavy atom. The highest BCUT2D eigenvalue weighted by atomic mass is 35.5. The monoisotopic (exact) mass is 336 g/mol. The summed E-state index contributed by atoms with van der Waals surface area (Å²) in [6.07, 6.45) is 0.829. The fourth-order valence-corrected chi connectivity index (χ4v) is 2.64. The van der Waals surface area contributed by atoms with Gasteiger partial charge in [-0.3, -0.25) is 9.59 Å². The van der Waals surface area contributed by atoms with Gasteiger partial charge in [-0.15, -0.1) is 0 Å². The predicted molar refractivity (Wildman–Crippen MR) is 89.9 cm³/mol. The van der Waals surface area contributed by atoms with E-state index in [1.165, 1.54) is 6.92 Å². The summed E-state index contributed by atoms with van der Waals surface area (Å²) in [5.74, 6) is -0.324. The Hall–Kier alpha value is -1.85. The molecule has 0 radical (unpaired) electrons. The summed E-state index contributed by atoms with van der Waals surface area (Å²) in [6, 6.07) is 7.29. The lowest BCUT2D eigenvalue weighted by molar-refractivity contribution is -0.143. The van der Waals surface area contributed by atoms with Crippen molar-refractivity contribution in [1.82, 2.24) is 9.80 Å². The molecule has 5 nitrogen and oxygen atoms in total. The standard InChI is InChI=1S/C17H21ClN2O3/c1-12(11-14-3-5-15(18)6-4-14)16(22)19-7-9-20(10-8-19)17(23)13(2)21/h3-6,11,13,21H,7-10H2,1-2H3/b12-11+. The fraction of sp³-hybridized carbons (Fsp3) is 0.412. The third-order valence-corrected chi connectivity index (χ3v) is 4.08. The lowest BCUT2D eigenvalue weighted by atomic mass is 10.1. The van der Waals surface area contributed by atoms with Crippen molar-refractivity contribution in [2.75, 3.05) is 26.2 Å². The maximum absolute atomic E-state index is 12.5. The van der Waals surface area contributed by atoms with Crippen LogP contribution in [0.25, 0.3) is 6.08 Å². The van der Waals surface area contributed by atoms with Gasteiger partial charge in [0.15, 0.2) is 0 Å². The lowest BCUT2D eigenvalue weighted by Crippen LogP contribution is -2.52. The number of carbonyl (C=O) groups excluding carboxylic acids is 2. The number of nitrogens with zero attached hydrogens (tertiary/aromatic N) is 2. The molecule has 0 aromatic heterocycles. The molecule has 1 aliphatic rings. The summed E-state index contributed by atoms with van der Waals surface area (Å²) in [5.41, 5.74) is 1.56. The SMILES string of the molecule is C/C(=C\c1ccc(Cl)cc1)C(=O)N1CCN(C(=O)C(C)O)CC1. The van der Waals surface area contributed by atoms with Gasteiger partial charge in [0.05, 0.1) is 0 Å². The average molecular weight is 337 g/mol. The smallest absolute Gasteiger partial charge is 0.251 e. The molecule has 1 N–H and O–H groups in total. The number of rotatable bonds is 3. The van der Waals surface area contributed by atoms with Crippen LogP contribution in [0.3, 0.4) is 0 Å². The van der Waals surface area contributed by atoms with Crippen LogP contribution in [-0.2, 0) is 9.59 Å². The molecule has 1 atom stereocenters. The Bertz CT molecular complexity index is 603. The van der Waals surface area contributed by atoms with E-state index in [9.17, 15) is 14.7 Å². The number of halogens is 1. The molecule has 0 spiro atoms. The highest BCUT2D eigenvalue weighted by Gasteiger charge is 2.26. The van der Waals surface area contributed by atoms with Crippen LogP contribution in [0.4, 0.5) is 0 Å². The first-order valence-corrected chi connectivity index (χ1v) is 7.96. The number of hydrogen-bond donors (Lipinski definition) is 1. The van der Waals surface area contributed by atoms with Crippen LogP contribution in [-0.4, -0.2) is 59.0 Å². The number of benzene rings is 1. The normalized spacial score (nSPS) is 17.1. The summed E-state index contributed by atoms with van der Waals surface area (Å²) in [4.78, 5) is 27.5. The minimum atomic E-state index is -0.996. The molecular formula is C17H21ClN2O3.